The molecule has 0 spiro atoms. The predicted molar refractivity (Wildman–Crippen MR) is 56.7 cm³/mol. The molecule has 0 bridgehead atoms. The molecule has 0 saturated heterocycles. The van der Waals surface area contributed by atoms with Gasteiger partial charge in [-0.15, -0.1) is 0 Å². The summed E-state index contributed by atoms with van der Waals surface area (Å²) in [5.41, 5.74) is 4.49. The summed E-state index contributed by atoms with van der Waals surface area (Å²) in [5.74, 6) is -3.31. The van der Waals surface area contributed by atoms with E-state index in [1.54, 1.807) is 0 Å². The number of hydrogen-bond donors (Lipinski definition) is 3. The number of carbonyl (C=O) groups excluding carboxylic acids is 1. The van der Waals surface area contributed by atoms with Gasteiger partial charge in [0, 0.05) is 5.56 Å². The van der Waals surface area contributed by atoms with Crippen molar-refractivity contribution in [3.05, 3.63) is 29.3 Å². The van der Waals surface area contributed by atoms with Gasteiger partial charge in [-0.3, -0.25) is 15.5 Å². The summed E-state index contributed by atoms with van der Waals surface area (Å²) < 4.78 is 31.6. The number of carbonyl (C=O) groups is 1. The van der Waals surface area contributed by atoms with E-state index in [0.717, 1.165) is 12.1 Å². The third-order valence-electron chi connectivity index (χ3n) is 1.98. The minimum Gasteiger partial charge on any atom is -0.494 e. The topological polar surface area (TPSA) is 88.2 Å². The van der Waals surface area contributed by atoms with E-state index in [1.165, 1.54) is 7.11 Å². The van der Waals surface area contributed by atoms with Crippen LogP contribution in [-0.2, 0) is 11.2 Å². The number of ether oxygens (including phenoxy) is 1. The molecule has 0 aromatic heterocycles. The monoisotopic (exact) mass is 243 g/mol. The molecule has 0 heterocycles. The zero-order chi connectivity index (χ0) is 13.0. The molecule has 7 heteroatoms. The van der Waals surface area contributed by atoms with Crippen molar-refractivity contribution in [1.82, 2.24) is 5.32 Å². The summed E-state index contributed by atoms with van der Waals surface area (Å²) in [7, 11) is 1.23. The minimum absolute atomic E-state index is 0.156. The molecular weight excluding hydrogens is 232 g/mol. The van der Waals surface area contributed by atoms with E-state index in [2.05, 4.69) is 4.74 Å². The Hall–Kier alpha value is -2.18. The fraction of sp³-hybridized carbons (Fsp3) is 0.200. The molecule has 4 N–H and O–H groups in total. The molecule has 1 amide bonds. The molecule has 17 heavy (non-hydrogen) atoms. The summed E-state index contributed by atoms with van der Waals surface area (Å²) in [6.07, 6.45) is -0.561. The molecule has 0 saturated carbocycles. The molecule has 0 radical (unpaired) electrons. The molecule has 5 nitrogen and oxygen atoms in total. The third kappa shape index (κ3) is 3.13. The van der Waals surface area contributed by atoms with Crippen molar-refractivity contribution >= 4 is 11.9 Å². The average Bonchev–Trinajstić information content (AvgIpc) is 2.23. The normalized spacial score (nSPS) is 9.82. The van der Waals surface area contributed by atoms with Crippen molar-refractivity contribution in [3.8, 4) is 5.75 Å². The molecular formula is C10H11F2N3O2. The number of benzene rings is 1. The van der Waals surface area contributed by atoms with E-state index < -0.39 is 35.5 Å². The second kappa shape index (κ2) is 5.24. The molecule has 0 atom stereocenters. The third-order valence-corrected chi connectivity index (χ3v) is 1.98. The molecule has 92 valence electrons. The molecule has 1 aromatic carbocycles. The van der Waals surface area contributed by atoms with Crippen molar-refractivity contribution in [1.29, 1.82) is 5.41 Å². The van der Waals surface area contributed by atoms with Crippen LogP contribution in [0.5, 0.6) is 5.75 Å². The Morgan fingerprint density at radius 2 is 2.18 bits per heavy atom. The van der Waals surface area contributed by atoms with Gasteiger partial charge in [-0.1, -0.05) is 0 Å². The van der Waals surface area contributed by atoms with Crippen LogP contribution < -0.4 is 15.8 Å². The number of methoxy groups -OCH3 is 1. The minimum atomic E-state index is -0.939. The van der Waals surface area contributed by atoms with Crippen molar-refractivity contribution in [3.63, 3.8) is 0 Å². The highest BCUT2D eigenvalue weighted by Crippen LogP contribution is 2.23. The lowest BCUT2D eigenvalue weighted by Gasteiger charge is -2.08. The lowest BCUT2D eigenvalue weighted by Crippen LogP contribution is -2.36. The Balaban J connectivity index is 2.97. The number of rotatable bonds is 3. The summed E-state index contributed by atoms with van der Waals surface area (Å²) in [4.78, 5) is 11.2. The summed E-state index contributed by atoms with van der Waals surface area (Å²) in [6, 6.07) is 2.12. The number of guanidine groups is 1. The highest BCUT2D eigenvalue weighted by atomic mass is 19.1. The largest absolute Gasteiger partial charge is 0.494 e. The summed E-state index contributed by atoms with van der Waals surface area (Å²) in [5, 5.41) is 8.74. The van der Waals surface area contributed by atoms with Crippen LogP contribution in [0.25, 0.3) is 0 Å². The fourth-order valence-corrected chi connectivity index (χ4v) is 1.25. The first-order valence-electron chi connectivity index (χ1n) is 4.60. The van der Waals surface area contributed by atoms with Crippen LogP contribution in [-0.4, -0.2) is 19.0 Å². The Morgan fingerprint density at radius 3 is 2.71 bits per heavy atom. The van der Waals surface area contributed by atoms with E-state index in [0.29, 0.717) is 0 Å². The van der Waals surface area contributed by atoms with Gasteiger partial charge in [0.1, 0.15) is 5.82 Å². The van der Waals surface area contributed by atoms with E-state index in [4.69, 9.17) is 11.1 Å². The van der Waals surface area contributed by atoms with Crippen LogP contribution in [0.2, 0.25) is 0 Å². The lowest BCUT2D eigenvalue weighted by atomic mass is 10.1. The average molecular weight is 243 g/mol. The van der Waals surface area contributed by atoms with Crippen LogP contribution in [0.15, 0.2) is 12.1 Å². The van der Waals surface area contributed by atoms with Crippen LogP contribution in [0.3, 0.4) is 0 Å². The lowest BCUT2D eigenvalue weighted by molar-refractivity contribution is -0.119. The second-order valence-corrected chi connectivity index (χ2v) is 3.18. The standard InChI is InChI=1S/C10H11F2N3O2/c1-17-7-3-2-6(11)5(9(7)12)4-8(16)15-10(13)14/h2-3H,4H2,1H3,(H4,13,14,15,16). The van der Waals surface area contributed by atoms with Gasteiger partial charge in [-0.05, 0) is 12.1 Å². The number of nitrogens with two attached hydrogens (primary N) is 1. The van der Waals surface area contributed by atoms with Gasteiger partial charge < -0.3 is 10.5 Å². The maximum Gasteiger partial charge on any atom is 0.231 e. The highest BCUT2D eigenvalue weighted by molar-refractivity contribution is 5.95. The molecule has 0 aliphatic heterocycles. The fourth-order valence-electron chi connectivity index (χ4n) is 1.25. The first kappa shape index (κ1) is 12.9. The smallest absolute Gasteiger partial charge is 0.231 e. The zero-order valence-corrected chi connectivity index (χ0v) is 9.01. The van der Waals surface area contributed by atoms with Gasteiger partial charge in [-0.25, -0.2) is 8.78 Å². The van der Waals surface area contributed by atoms with Crippen LogP contribution in [0.4, 0.5) is 8.78 Å². The van der Waals surface area contributed by atoms with Gasteiger partial charge in [0.15, 0.2) is 17.5 Å². The zero-order valence-electron chi connectivity index (χ0n) is 9.01. The van der Waals surface area contributed by atoms with Gasteiger partial charge >= 0.3 is 0 Å². The molecule has 0 aliphatic rings. The molecule has 0 fully saturated rings. The SMILES string of the molecule is COc1ccc(F)c(CC(=O)NC(=N)N)c1F. The van der Waals surface area contributed by atoms with Gasteiger partial charge in [-0.2, -0.15) is 0 Å². The summed E-state index contributed by atoms with van der Waals surface area (Å²) in [6.45, 7) is 0. The second-order valence-electron chi connectivity index (χ2n) is 3.18. The summed E-state index contributed by atoms with van der Waals surface area (Å²) >= 11 is 0. The maximum atomic E-state index is 13.6. The van der Waals surface area contributed by atoms with Crippen molar-refractivity contribution in [2.45, 2.75) is 6.42 Å². The molecule has 0 aliphatic carbocycles. The molecule has 1 rings (SSSR count). The Labute approximate surface area is 96.1 Å². The number of hydrogen-bond acceptors (Lipinski definition) is 3. The van der Waals surface area contributed by atoms with Gasteiger partial charge in [0.25, 0.3) is 0 Å². The Kier molecular flexibility index (Phi) is 3.97. The van der Waals surface area contributed by atoms with Crippen molar-refractivity contribution < 1.29 is 18.3 Å². The van der Waals surface area contributed by atoms with Crippen molar-refractivity contribution in [2.75, 3.05) is 7.11 Å². The first-order chi connectivity index (χ1) is 7.95. The van der Waals surface area contributed by atoms with Crippen LogP contribution in [0, 0.1) is 17.0 Å². The quantitative estimate of drug-likeness (QED) is 0.534. The molecule has 0 unspecified atom stereocenters. The maximum absolute atomic E-state index is 13.6. The van der Waals surface area contributed by atoms with Crippen LogP contribution >= 0.6 is 0 Å². The Bertz CT molecular complexity index is 463. The van der Waals surface area contributed by atoms with Crippen LogP contribution in [0.1, 0.15) is 5.56 Å². The number of nitrogens with one attached hydrogen (secondary N) is 2. The Morgan fingerprint density at radius 1 is 1.53 bits per heavy atom. The van der Waals surface area contributed by atoms with E-state index in [1.807, 2.05) is 5.32 Å². The first-order valence-corrected chi connectivity index (χ1v) is 4.60. The number of amides is 1. The van der Waals surface area contributed by atoms with E-state index in [-0.39, 0.29) is 5.75 Å². The van der Waals surface area contributed by atoms with Gasteiger partial charge in [0.05, 0.1) is 13.5 Å². The number of halogens is 2. The van der Waals surface area contributed by atoms with Gasteiger partial charge in [0.2, 0.25) is 5.91 Å². The van der Waals surface area contributed by atoms with Crippen molar-refractivity contribution in [2.24, 2.45) is 5.73 Å². The van der Waals surface area contributed by atoms with E-state index in [9.17, 15) is 13.6 Å². The highest BCUT2D eigenvalue weighted by Gasteiger charge is 2.17. The molecule has 1 aromatic rings. The predicted octanol–water partition coefficient (Wildman–Crippen LogP) is 0.526. The van der Waals surface area contributed by atoms with E-state index >= 15 is 0 Å².